The summed E-state index contributed by atoms with van der Waals surface area (Å²) >= 11 is 1.70. The van der Waals surface area contributed by atoms with Gasteiger partial charge in [-0.25, -0.2) is 13.1 Å². The van der Waals surface area contributed by atoms with E-state index in [1.165, 1.54) is 5.56 Å². The number of nitrogens with one attached hydrogen (secondary N) is 1. The molecule has 2 aromatic carbocycles. The summed E-state index contributed by atoms with van der Waals surface area (Å²) in [5.74, 6) is 1.34. The number of aryl methyl sites for hydroxylation is 1. The summed E-state index contributed by atoms with van der Waals surface area (Å²) in [6, 6.07) is 17.1. The molecule has 1 heterocycles. The minimum atomic E-state index is -3.54. The van der Waals surface area contributed by atoms with Crippen molar-refractivity contribution in [3.63, 3.8) is 0 Å². The molecule has 1 N–H and O–H groups in total. The van der Waals surface area contributed by atoms with Gasteiger partial charge in [0.1, 0.15) is 0 Å². The fourth-order valence-electron chi connectivity index (χ4n) is 3.95. The van der Waals surface area contributed by atoms with E-state index in [-0.39, 0.29) is 27.9 Å². The first-order valence-electron chi connectivity index (χ1n) is 11.3. The summed E-state index contributed by atoms with van der Waals surface area (Å²) in [4.78, 5) is 15.6. The maximum absolute atomic E-state index is 13.3. The fraction of sp³-hybridized carbons (Fsp3) is 0.480. The van der Waals surface area contributed by atoms with Gasteiger partial charge in [0.15, 0.2) is 0 Å². The normalized spacial score (nSPS) is 18.0. The van der Waals surface area contributed by atoms with Gasteiger partial charge in [0.05, 0.1) is 10.1 Å². The number of thioether (sulfide) groups is 1. The number of likely N-dealkylation sites (tertiary alicyclic amines) is 1. The van der Waals surface area contributed by atoms with Crippen molar-refractivity contribution in [1.29, 1.82) is 0 Å². The largest absolute Gasteiger partial charge is 0.341 e. The maximum Gasteiger partial charge on any atom is 0.240 e. The molecule has 0 saturated carbocycles. The number of piperidine rings is 1. The van der Waals surface area contributed by atoms with E-state index in [0.29, 0.717) is 13.1 Å². The van der Waals surface area contributed by atoms with Gasteiger partial charge >= 0.3 is 0 Å². The minimum absolute atomic E-state index is 0.0989. The van der Waals surface area contributed by atoms with Crippen molar-refractivity contribution in [3.8, 4) is 0 Å². The Morgan fingerprint density at radius 2 is 1.81 bits per heavy atom. The zero-order valence-corrected chi connectivity index (χ0v) is 20.8. The number of sulfonamides is 1. The Kier molecular flexibility index (Phi) is 8.79. The van der Waals surface area contributed by atoms with Crippen LogP contribution in [0.1, 0.15) is 37.8 Å². The van der Waals surface area contributed by atoms with Crippen LogP contribution in [0.2, 0.25) is 0 Å². The molecule has 0 spiro atoms. The van der Waals surface area contributed by atoms with Crippen LogP contribution in [0, 0.1) is 18.8 Å². The Labute approximate surface area is 197 Å². The van der Waals surface area contributed by atoms with Crippen molar-refractivity contribution in [2.75, 3.05) is 19.6 Å². The topological polar surface area (TPSA) is 66.5 Å². The summed E-state index contributed by atoms with van der Waals surface area (Å²) in [6.45, 7) is 7.82. The lowest BCUT2D eigenvalue weighted by molar-refractivity contribution is -0.133. The monoisotopic (exact) mass is 474 g/mol. The molecule has 3 rings (SSSR count). The van der Waals surface area contributed by atoms with Crippen molar-refractivity contribution >= 4 is 27.7 Å². The van der Waals surface area contributed by atoms with E-state index in [4.69, 9.17) is 0 Å². The lowest BCUT2D eigenvalue weighted by Crippen LogP contribution is -2.47. The molecule has 0 radical (unpaired) electrons. The number of carbonyl (C=O) groups is 1. The van der Waals surface area contributed by atoms with E-state index in [0.717, 1.165) is 30.7 Å². The molecule has 2 unspecified atom stereocenters. The third-order valence-corrected chi connectivity index (χ3v) is 8.89. The summed E-state index contributed by atoms with van der Waals surface area (Å²) in [5.41, 5.74) is 2.24. The highest BCUT2D eigenvalue weighted by atomic mass is 32.2. The van der Waals surface area contributed by atoms with Crippen LogP contribution in [0.25, 0.3) is 0 Å². The molecule has 1 saturated heterocycles. The van der Waals surface area contributed by atoms with Crippen molar-refractivity contribution in [2.45, 2.75) is 49.5 Å². The van der Waals surface area contributed by atoms with E-state index in [1.807, 2.05) is 30.0 Å². The van der Waals surface area contributed by atoms with Crippen LogP contribution < -0.4 is 4.72 Å². The molecule has 0 bridgehead atoms. The number of hydrogen-bond acceptors (Lipinski definition) is 4. The first-order valence-corrected chi connectivity index (χ1v) is 13.8. The first-order chi connectivity index (χ1) is 15.3. The van der Waals surface area contributed by atoms with Gasteiger partial charge in [-0.05, 0) is 49.3 Å². The zero-order chi connectivity index (χ0) is 23.1. The first kappa shape index (κ1) is 24.8. The third-order valence-electron chi connectivity index (χ3n) is 5.85. The maximum atomic E-state index is 13.3. The van der Waals surface area contributed by atoms with Gasteiger partial charge in [-0.3, -0.25) is 4.79 Å². The van der Waals surface area contributed by atoms with E-state index >= 15 is 0 Å². The number of amides is 1. The number of hydrogen-bond donors (Lipinski definition) is 1. The average Bonchev–Trinajstić information content (AvgIpc) is 2.79. The molecule has 2 atom stereocenters. The summed E-state index contributed by atoms with van der Waals surface area (Å²) in [5, 5.41) is -0.0989. The van der Waals surface area contributed by atoms with E-state index in [2.05, 4.69) is 30.7 Å². The van der Waals surface area contributed by atoms with Gasteiger partial charge in [0, 0.05) is 25.4 Å². The molecule has 7 heteroatoms. The van der Waals surface area contributed by atoms with Crippen LogP contribution in [0.3, 0.4) is 0 Å². The second kappa shape index (κ2) is 11.3. The highest BCUT2D eigenvalue weighted by Crippen LogP contribution is 2.28. The zero-order valence-electron chi connectivity index (χ0n) is 19.2. The van der Waals surface area contributed by atoms with Gasteiger partial charge in [0.25, 0.3) is 0 Å². The summed E-state index contributed by atoms with van der Waals surface area (Å²) in [6.07, 6.45) is 1.82. The third kappa shape index (κ3) is 6.83. The molecule has 1 amide bonds. The predicted octanol–water partition coefficient (Wildman–Crippen LogP) is 4.47. The number of rotatable bonds is 9. The molecule has 0 aromatic heterocycles. The molecule has 5 nitrogen and oxygen atoms in total. The Morgan fingerprint density at radius 3 is 2.47 bits per heavy atom. The molecular formula is C25H34N2O3S2. The number of carbonyl (C=O) groups excluding carboxylic acids is 1. The van der Waals surface area contributed by atoms with E-state index in [9.17, 15) is 13.2 Å². The van der Waals surface area contributed by atoms with Crippen molar-refractivity contribution in [3.05, 3.63) is 65.7 Å². The van der Waals surface area contributed by atoms with Crippen molar-refractivity contribution < 1.29 is 13.2 Å². The lowest BCUT2D eigenvalue weighted by Gasteiger charge is -2.36. The Bertz CT molecular complexity index is 976. The Morgan fingerprint density at radius 1 is 1.12 bits per heavy atom. The van der Waals surface area contributed by atoms with Gasteiger partial charge in [-0.1, -0.05) is 61.9 Å². The predicted molar refractivity (Wildman–Crippen MR) is 132 cm³/mol. The van der Waals surface area contributed by atoms with Crippen LogP contribution in [-0.4, -0.2) is 44.1 Å². The number of nitrogens with zero attached hydrogens (tertiary/aromatic N) is 1. The average molecular weight is 475 g/mol. The van der Waals surface area contributed by atoms with Crippen LogP contribution >= 0.6 is 11.8 Å². The fourth-order valence-corrected chi connectivity index (χ4v) is 6.31. The Hall–Kier alpha value is -1.83. The molecule has 174 valence electrons. The Balaban J connectivity index is 1.57. The van der Waals surface area contributed by atoms with Crippen molar-refractivity contribution in [1.82, 2.24) is 9.62 Å². The SMILES string of the molecule is Cc1ccc(S(=O)(=O)NCC2CCCN(C(=O)C(SCc3ccccc3)C(C)C)C2)cc1. The second-order valence-electron chi connectivity index (χ2n) is 8.92. The number of benzene rings is 2. The highest BCUT2D eigenvalue weighted by Gasteiger charge is 2.31. The van der Waals surface area contributed by atoms with Gasteiger partial charge in [-0.15, -0.1) is 11.8 Å². The molecule has 2 aromatic rings. The van der Waals surface area contributed by atoms with Crippen LogP contribution in [0.4, 0.5) is 0 Å². The van der Waals surface area contributed by atoms with Gasteiger partial charge in [0.2, 0.25) is 15.9 Å². The van der Waals surface area contributed by atoms with Crippen LogP contribution in [-0.2, 0) is 20.6 Å². The molecule has 32 heavy (non-hydrogen) atoms. The molecule has 1 fully saturated rings. The second-order valence-corrected chi connectivity index (χ2v) is 11.8. The van der Waals surface area contributed by atoms with Crippen molar-refractivity contribution in [2.24, 2.45) is 11.8 Å². The molecule has 1 aliphatic rings. The smallest absolute Gasteiger partial charge is 0.240 e. The van der Waals surface area contributed by atoms with Gasteiger partial charge in [-0.2, -0.15) is 0 Å². The molecule has 1 aliphatic heterocycles. The van der Waals surface area contributed by atoms with Crippen LogP contribution in [0.5, 0.6) is 0 Å². The van der Waals surface area contributed by atoms with Crippen LogP contribution in [0.15, 0.2) is 59.5 Å². The van der Waals surface area contributed by atoms with E-state index in [1.54, 1.807) is 36.0 Å². The highest BCUT2D eigenvalue weighted by molar-refractivity contribution is 7.99. The quantitative estimate of drug-likeness (QED) is 0.582. The molecular weight excluding hydrogens is 440 g/mol. The summed E-state index contributed by atoms with van der Waals surface area (Å²) < 4.78 is 28.0. The molecule has 0 aliphatic carbocycles. The standard InChI is InChI=1S/C25H34N2O3S2/c1-19(2)24(31-18-21-8-5-4-6-9-21)25(28)27-15-7-10-22(17-27)16-26-32(29,30)23-13-11-20(3)12-14-23/h4-6,8-9,11-14,19,22,24,26H,7,10,15-18H2,1-3H3. The van der Waals surface area contributed by atoms with Gasteiger partial charge < -0.3 is 4.90 Å². The summed E-state index contributed by atoms with van der Waals surface area (Å²) in [7, 11) is -3.54. The minimum Gasteiger partial charge on any atom is -0.341 e. The van der Waals surface area contributed by atoms with E-state index < -0.39 is 10.0 Å². The lowest BCUT2D eigenvalue weighted by atomic mass is 9.97.